The largest absolute Gasteiger partial charge is 0.347 e. The van der Waals surface area contributed by atoms with Crippen LogP contribution in [0.15, 0.2) is 29.2 Å². The number of thiophene rings is 1. The number of fused-ring (bicyclic) bond motifs is 1. The minimum Gasteiger partial charge on any atom is -0.347 e. The van der Waals surface area contributed by atoms with Gasteiger partial charge in [-0.3, -0.25) is 4.79 Å². The number of carbonyl (C=O) groups is 1. The Morgan fingerprint density at radius 1 is 1.48 bits per heavy atom. The van der Waals surface area contributed by atoms with E-state index in [1.54, 1.807) is 11.3 Å². The van der Waals surface area contributed by atoms with Gasteiger partial charge in [0.05, 0.1) is 5.69 Å². The third-order valence-electron chi connectivity index (χ3n) is 4.04. The second-order valence-electron chi connectivity index (χ2n) is 5.65. The maximum absolute atomic E-state index is 12.6. The highest BCUT2D eigenvalue weighted by molar-refractivity contribution is 7.17. The molecule has 0 saturated heterocycles. The molecule has 0 radical (unpaired) electrons. The van der Waals surface area contributed by atoms with E-state index in [2.05, 4.69) is 25.2 Å². The number of aromatic nitrogens is 3. The Morgan fingerprint density at radius 2 is 2.39 bits per heavy atom. The van der Waals surface area contributed by atoms with E-state index in [-0.39, 0.29) is 11.9 Å². The van der Waals surface area contributed by atoms with E-state index in [1.165, 1.54) is 11.3 Å². The molecule has 1 N–H and O–H groups in total. The molecule has 3 aromatic heterocycles. The SMILES string of the molecule is Cc1nc(-c2ccsc2)sc1C(=O)NC1CCc2nccn2C1. The maximum Gasteiger partial charge on any atom is 0.263 e. The second kappa shape index (κ2) is 5.90. The van der Waals surface area contributed by atoms with Gasteiger partial charge in [-0.1, -0.05) is 0 Å². The Kier molecular flexibility index (Phi) is 3.74. The van der Waals surface area contributed by atoms with Crippen molar-refractivity contribution in [2.75, 3.05) is 0 Å². The molecular formula is C16H16N4OS2. The molecule has 3 aromatic rings. The minimum atomic E-state index is -0.0185. The molecule has 0 aromatic carbocycles. The number of nitrogens with zero attached hydrogens (tertiary/aromatic N) is 3. The Balaban J connectivity index is 1.50. The standard InChI is InChI=1S/C16H16N4OS2/c1-10-14(23-16(18-10)11-4-7-22-9-11)15(21)19-12-2-3-13-17-5-6-20(13)8-12/h4-7,9,12H,2-3,8H2,1H3,(H,19,21). The highest BCUT2D eigenvalue weighted by Gasteiger charge is 2.23. The van der Waals surface area contributed by atoms with Crippen molar-refractivity contribution in [2.24, 2.45) is 0 Å². The van der Waals surface area contributed by atoms with Gasteiger partial charge in [-0.05, 0) is 24.8 Å². The van der Waals surface area contributed by atoms with Gasteiger partial charge in [0.15, 0.2) is 0 Å². The lowest BCUT2D eigenvalue weighted by molar-refractivity contribution is 0.0931. The Morgan fingerprint density at radius 3 is 3.22 bits per heavy atom. The smallest absolute Gasteiger partial charge is 0.263 e. The average Bonchev–Trinajstić information content (AvgIpc) is 3.26. The first kappa shape index (κ1) is 14.6. The quantitative estimate of drug-likeness (QED) is 0.794. The molecule has 1 unspecified atom stereocenters. The van der Waals surface area contributed by atoms with Gasteiger partial charge in [0.25, 0.3) is 5.91 Å². The molecule has 0 bridgehead atoms. The molecular weight excluding hydrogens is 328 g/mol. The molecule has 1 amide bonds. The molecule has 118 valence electrons. The minimum absolute atomic E-state index is 0.0185. The summed E-state index contributed by atoms with van der Waals surface area (Å²) in [7, 11) is 0. The number of hydrogen-bond donors (Lipinski definition) is 1. The fourth-order valence-electron chi connectivity index (χ4n) is 2.85. The Labute approximate surface area is 142 Å². The molecule has 23 heavy (non-hydrogen) atoms. The number of thiazole rings is 1. The molecule has 4 rings (SSSR count). The van der Waals surface area contributed by atoms with E-state index in [9.17, 15) is 4.79 Å². The van der Waals surface area contributed by atoms with Crippen molar-refractivity contribution in [1.29, 1.82) is 0 Å². The van der Waals surface area contributed by atoms with Crippen LogP contribution in [0.3, 0.4) is 0 Å². The van der Waals surface area contributed by atoms with Crippen molar-refractivity contribution in [2.45, 2.75) is 32.4 Å². The monoisotopic (exact) mass is 344 g/mol. The van der Waals surface area contributed by atoms with Crippen LogP contribution in [0.4, 0.5) is 0 Å². The van der Waals surface area contributed by atoms with E-state index in [1.807, 2.05) is 30.8 Å². The summed E-state index contributed by atoms with van der Waals surface area (Å²) in [6.07, 6.45) is 5.62. The van der Waals surface area contributed by atoms with Crippen molar-refractivity contribution in [1.82, 2.24) is 19.9 Å². The molecule has 0 saturated carbocycles. The van der Waals surface area contributed by atoms with Gasteiger partial charge < -0.3 is 9.88 Å². The lowest BCUT2D eigenvalue weighted by Crippen LogP contribution is -2.40. The normalized spacial score (nSPS) is 17.0. The number of aryl methyl sites for hydroxylation is 2. The molecule has 1 aliphatic heterocycles. The zero-order valence-electron chi connectivity index (χ0n) is 12.7. The van der Waals surface area contributed by atoms with Crippen molar-refractivity contribution in [3.8, 4) is 10.6 Å². The molecule has 1 atom stereocenters. The first-order chi connectivity index (χ1) is 11.2. The summed E-state index contributed by atoms with van der Waals surface area (Å²) in [5.41, 5.74) is 1.88. The number of imidazole rings is 1. The summed E-state index contributed by atoms with van der Waals surface area (Å²) >= 11 is 3.10. The highest BCUT2D eigenvalue weighted by Crippen LogP contribution is 2.29. The highest BCUT2D eigenvalue weighted by atomic mass is 32.1. The fourth-order valence-corrected chi connectivity index (χ4v) is 4.53. The topological polar surface area (TPSA) is 59.8 Å². The van der Waals surface area contributed by atoms with Crippen molar-refractivity contribution in [3.63, 3.8) is 0 Å². The van der Waals surface area contributed by atoms with Gasteiger partial charge in [-0.15, -0.1) is 11.3 Å². The third-order valence-corrected chi connectivity index (χ3v) is 5.93. The average molecular weight is 344 g/mol. The molecule has 4 heterocycles. The van der Waals surface area contributed by atoms with Crippen LogP contribution < -0.4 is 5.32 Å². The van der Waals surface area contributed by atoms with Gasteiger partial charge in [-0.2, -0.15) is 11.3 Å². The van der Waals surface area contributed by atoms with Crippen LogP contribution in [-0.4, -0.2) is 26.5 Å². The molecule has 7 heteroatoms. The van der Waals surface area contributed by atoms with Gasteiger partial charge in [-0.25, -0.2) is 9.97 Å². The lowest BCUT2D eigenvalue weighted by Gasteiger charge is -2.24. The number of rotatable bonds is 3. The first-order valence-corrected chi connectivity index (χ1v) is 9.27. The van der Waals surface area contributed by atoms with Crippen molar-refractivity contribution < 1.29 is 4.79 Å². The summed E-state index contributed by atoms with van der Waals surface area (Å²) in [6.45, 7) is 2.69. The van der Waals surface area contributed by atoms with Crippen LogP contribution in [0.2, 0.25) is 0 Å². The molecule has 0 spiro atoms. The third kappa shape index (κ3) is 2.82. The summed E-state index contributed by atoms with van der Waals surface area (Å²) in [4.78, 5) is 22.2. The van der Waals surface area contributed by atoms with Crippen LogP contribution >= 0.6 is 22.7 Å². The predicted molar refractivity (Wildman–Crippen MR) is 92.0 cm³/mol. The van der Waals surface area contributed by atoms with Crippen LogP contribution in [-0.2, 0) is 13.0 Å². The predicted octanol–water partition coefficient (Wildman–Crippen LogP) is 3.12. The van der Waals surface area contributed by atoms with Crippen LogP contribution in [0, 0.1) is 6.92 Å². The number of carbonyl (C=O) groups excluding carboxylic acids is 1. The number of amides is 1. The molecule has 0 fully saturated rings. The van der Waals surface area contributed by atoms with E-state index in [0.717, 1.165) is 41.5 Å². The van der Waals surface area contributed by atoms with E-state index >= 15 is 0 Å². The second-order valence-corrected chi connectivity index (χ2v) is 7.43. The molecule has 1 aliphatic rings. The first-order valence-electron chi connectivity index (χ1n) is 7.51. The van der Waals surface area contributed by atoms with Crippen molar-refractivity contribution in [3.05, 3.63) is 45.6 Å². The van der Waals surface area contributed by atoms with Gasteiger partial charge in [0, 0.05) is 42.3 Å². The van der Waals surface area contributed by atoms with Gasteiger partial charge >= 0.3 is 0 Å². The zero-order chi connectivity index (χ0) is 15.8. The Hall–Kier alpha value is -1.99. The summed E-state index contributed by atoms with van der Waals surface area (Å²) in [5, 5.41) is 8.14. The number of hydrogen-bond acceptors (Lipinski definition) is 5. The summed E-state index contributed by atoms with van der Waals surface area (Å²) in [5.74, 6) is 1.08. The van der Waals surface area contributed by atoms with E-state index in [4.69, 9.17) is 0 Å². The fraction of sp³-hybridized carbons (Fsp3) is 0.312. The van der Waals surface area contributed by atoms with Gasteiger partial charge in [0.1, 0.15) is 15.7 Å². The number of nitrogens with one attached hydrogen (secondary N) is 1. The molecule has 0 aliphatic carbocycles. The van der Waals surface area contributed by atoms with Crippen LogP contribution in [0.25, 0.3) is 10.6 Å². The van der Waals surface area contributed by atoms with Gasteiger partial charge in [0.2, 0.25) is 0 Å². The maximum atomic E-state index is 12.6. The van der Waals surface area contributed by atoms with Crippen LogP contribution in [0.5, 0.6) is 0 Å². The summed E-state index contributed by atoms with van der Waals surface area (Å²) < 4.78 is 2.12. The van der Waals surface area contributed by atoms with E-state index in [0.29, 0.717) is 4.88 Å². The molecule has 5 nitrogen and oxygen atoms in total. The summed E-state index contributed by atoms with van der Waals surface area (Å²) in [6, 6.07) is 2.18. The zero-order valence-corrected chi connectivity index (χ0v) is 14.3. The Bertz CT molecular complexity index is 834. The van der Waals surface area contributed by atoms with Crippen LogP contribution in [0.1, 0.15) is 27.6 Å². The lowest BCUT2D eigenvalue weighted by atomic mass is 10.1. The van der Waals surface area contributed by atoms with E-state index < -0.39 is 0 Å². The van der Waals surface area contributed by atoms with Crippen molar-refractivity contribution >= 4 is 28.6 Å².